The van der Waals surface area contributed by atoms with Crippen molar-refractivity contribution in [2.24, 2.45) is 13.0 Å². The molecule has 2 saturated heterocycles. The Hall–Kier alpha value is -0.520. The molecule has 20 heavy (non-hydrogen) atoms. The van der Waals surface area contributed by atoms with Crippen molar-refractivity contribution in [2.75, 3.05) is 24.7 Å². The molecule has 0 radical (unpaired) electrons. The van der Waals surface area contributed by atoms with Crippen LogP contribution in [0, 0.1) is 5.92 Å². The second-order valence-corrected chi connectivity index (χ2v) is 7.16. The monoisotopic (exact) mass is 295 g/mol. The maximum Gasteiger partial charge on any atom is 0.0946 e. The van der Waals surface area contributed by atoms with E-state index in [2.05, 4.69) is 28.8 Å². The molecule has 1 spiro atoms. The average Bonchev–Trinajstić information content (AvgIpc) is 3.06. The van der Waals surface area contributed by atoms with Crippen LogP contribution in [0.15, 0.2) is 12.5 Å². The van der Waals surface area contributed by atoms with Gasteiger partial charge < -0.3 is 14.6 Å². The van der Waals surface area contributed by atoms with Gasteiger partial charge in [0, 0.05) is 25.6 Å². The summed E-state index contributed by atoms with van der Waals surface area (Å²) in [5.74, 6) is 3.08. The topological polar surface area (TPSA) is 39.1 Å². The number of nitrogens with zero attached hydrogens (tertiary/aromatic N) is 2. The molecule has 1 aromatic heterocycles. The van der Waals surface area contributed by atoms with Gasteiger partial charge in [0.1, 0.15) is 0 Å². The summed E-state index contributed by atoms with van der Waals surface area (Å²) in [7, 11) is 2.09. The third-order valence-electron chi connectivity index (χ3n) is 4.67. The van der Waals surface area contributed by atoms with Gasteiger partial charge in [-0.1, -0.05) is 6.92 Å². The first-order valence-electron chi connectivity index (χ1n) is 7.65. The van der Waals surface area contributed by atoms with Crippen LogP contribution in [0.25, 0.3) is 0 Å². The van der Waals surface area contributed by atoms with Crippen LogP contribution in [0.4, 0.5) is 0 Å². The lowest BCUT2D eigenvalue weighted by Gasteiger charge is -2.41. The van der Waals surface area contributed by atoms with E-state index in [1.165, 1.54) is 30.0 Å². The van der Waals surface area contributed by atoms with Crippen molar-refractivity contribution in [2.45, 2.75) is 37.8 Å². The fourth-order valence-electron chi connectivity index (χ4n) is 3.61. The Morgan fingerprint density at radius 3 is 3.20 bits per heavy atom. The number of imidazole rings is 1. The Bertz CT molecular complexity index is 442. The Labute approximate surface area is 125 Å². The van der Waals surface area contributed by atoms with Crippen molar-refractivity contribution in [3.8, 4) is 0 Å². The SMILES string of the molecule is CCNC(c1cncn1C)C1CCOC2(CCSC2)C1. The fourth-order valence-corrected chi connectivity index (χ4v) is 4.99. The molecule has 0 saturated carbocycles. The fraction of sp³-hybridized carbons (Fsp3) is 0.800. The third kappa shape index (κ3) is 2.76. The molecule has 3 unspecified atom stereocenters. The minimum atomic E-state index is 0.153. The van der Waals surface area contributed by atoms with Crippen molar-refractivity contribution < 1.29 is 4.74 Å². The van der Waals surface area contributed by atoms with Crippen LogP contribution < -0.4 is 5.32 Å². The van der Waals surface area contributed by atoms with E-state index in [1.807, 2.05) is 24.3 Å². The number of aryl methyl sites for hydroxylation is 1. The Balaban J connectivity index is 1.79. The zero-order valence-electron chi connectivity index (χ0n) is 12.5. The minimum absolute atomic E-state index is 0.153. The van der Waals surface area contributed by atoms with Crippen molar-refractivity contribution in [3.63, 3.8) is 0 Å². The first-order chi connectivity index (χ1) is 9.74. The van der Waals surface area contributed by atoms with E-state index < -0.39 is 0 Å². The normalized spacial score (nSPS) is 31.8. The molecule has 3 heterocycles. The van der Waals surface area contributed by atoms with Gasteiger partial charge in [0.05, 0.1) is 23.7 Å². The summed E-state index contributed by atoms with van der Waals surface area (Å²) in [5, 5.41) is 3.68. The third-order valence-corrected chi connectivity index (χ3v) is 5.89. The molecule has 0 aliphatic carbocycles. The number of hydrogen-bond acceptors (Lipinski definition) is 4. The van der Waals surface area contributed by atoms with Crippen molar-refractivity contribution in [3.05, 3.63) is 18.2 Å². The summed E-state index contributed by atoms with van der Waals surface area (Å²) in [6.45, 7) is 4.09. The minimum Gasteiger partial charge on any atom is -0.374 e. The molecule has 5 heteroatoms. The maximum atomic E-state index is 6.16. The van der Waals surface area contributed by atoms with Crippen LogP contribution in [-0.2, 0) is 11.8 Å². The molecule has 4 nitrogen and oxygen atoms in total. The molecule has 3 atom stereocenters. The van der Waals surface area contributed by atoms with Gasteiger partial charge in [-0.2, -0.15) is 11.8 Å². The van der Waals surface area contributed by atoms with E-state index >= 15 is 0 Å². The van der Waals surface area contributed by atoms with Crippen LogP contribution >= 0.6 is 11.8 Å². The Morgan fingerprint density at radius 2 is 2.55 bits per heavy atom. The zero-order valence-corrected chi connectivity index (χ0v) is 13.3. The maximum absolute atomic E-state index is 6.16. The molecular formula is C15H25N3OS. The van der Waals surface area contributed by atoms with E-state index in [0.717, 1.165) is 19.6 Å². The van der Waals surface area contributed by atoms with Gasteiger partial charge in [-0.3, -0.25) is 0 Å². The second kappa shape index (κ2) is 6.08. The lowest BCUT2D eigenvalue weighted by Crippen LogP contribution is -2.44. The molecule has 1 aromatic rings. The van der Waals surface area contributed by atoms with Crippen LogP contribution in [-0.4, -0.2) is 39.8 Å². The van der Waals surface area contributed by atoms with Gasteiger partial charge in [-0.05, 0) is 37.5 Å². The molecule has 1 N–H and O–H groups in total. The van der Waals surface area contributed by atoms with E-state index in [9.17, 15) is 0 Å². The first kappa shape index (κ1) is 14.4. The van der Waals surface area contributed by atoms with Gasteiger partial charge in [0.15, 0.2) is 0 Å². The quantitative estimate of drug-likeness (QED) is 0.925. The van der Waals surface area contributed by atoms with Crippen molar-refractivity contribution in [1.82, 2.24) is 14.9 Å². The van der Waals surface area contributed by atoms with E-state index in [4.69, 9.17) is 4.74 Å². The number of aromatic nitrogens is 2. The molecule has 2 fully saturated rings. The highest BCUT2D eigenvalue weighted by Gasteiger charge is 2.43. The lowest BCUT2D eigenvalue weighted by molar-refractivity contribution is -0.0857. The molecule has 3 rings (SSSR count). The molecule has 2 aliphatic heterocycles. The number of hydrogen-bond donors (Lipinski definition) is 1. The van der Waals surface area contributed by atoms with Gasteiger partial charge in [-0.25, -0.2) is 4.98 Å². The largest absolute Gasteiger partial charge is 0.374 e. The van der Waals surface area contributed by atoms with E-state index in [0.29, 0.717) is 12.0 Å². The molecule has 2 aliphatic rings. The first-order valence-corrected chi connectivity index (χ1v) is 8.81. The predicted molar refractivity (Wildman–Crippen MR) is 83.0 cm³/mol. The van der Waals surface area contributed by atoms with Gasteiger partial charge in [0.2, 0.25) is 0 Å². The summed E-state index contributed by atoms with van der Waals surface area (Å²) in [5.41, 5.74) is 1.46. The highest BCUT2D eigenvalue weighted by Crippen LogP contribution is 2.43. The second-order valence-electron chi connectivity index (χ2n) is 6.05. The number of thioether (sulfide) groups is 1. The Morgan fingerprint density at radius 1 is 1.65 bits per heavy atom. The van der Waals surface area contributed by atoms with Crippen molar-refractivity contribution in [1.29, 1.82) is 0 Å². The van der Waals surface area contributed by atoms with E-state index in [-0.39, 0.29) is 5.60 Å². The van der Waals surface area contributed by atoms with Gasteiger partial charge in [-0.15, -0.1) is 0 Å². The average molecular weight is 295 g/mol. The summed E-state index contributed by atoms with van der Waals surface area (Å²) >= 11 is 2.04. The van der Waals surface area contributed by atoms with Crippen LogP contribution in [0.3, 0.4) is 0 Å². The lowest BCUT2D eigenvalue weighted by atomic mass is 9.80. The number of nitrogens with one attached hydrogen (secondary N) is 1. The summed E-state index contributed by atoms with van der Waals surface area (Å²) in [4.78, 5) is 4.30. The van der Waals surface area contributed by atoms with Crippen LogP contribution in [0.1, 0.15) is 37.9 Å². The molecule has 0 amide bonds. The van der Waals surface area contributed by atoms with Crippen molar-refractivity contribution >= 4 is 11.8 Å². The molecule has 0 bridgehead atoms. The standard InChI is InChI=1S/C15H25N3OS/c1-3-17-14(13-9-16-11-18(13)2)12-4-6-19-15(8-12)5-7-20-10-15/h9,11-12,14,17H,3-8,10H2,1-2H3. The highest BCUT2D eigenvalue weighted by atomic mass is 32.2. The summed E-state index contributed by atoms with van der Waals surface area (Å²) < 4.78 is 8.31. The predicted octanol–water partition coefficient (Wildman–Crippen LogP) is 2.37. The van der Waals surface area contributed by atoms with E-state index in [1.54, 1.807) is 0 Å². The summed E-state index contributed by atoms with van der Waals surface area (Å²) in [6, 6.07) is 0.402. The Kier molecular flexibility index (Phi) is 4.38. The summed E-state index contributed by atoms with van der Waals surface area (Å²) in [6.07, 6.45) is 7.47. The zero-order chi connectivity index (χ0) is 14.0. The van der Waals surface area contributed by atoms with Gasteiger partial charge >= 0.3 is 0 Å². The smallest absolute Gasteiger partial charge is 0.0946 e. The molecule has 0 aromatic carbocycles. The molecular weight excluding hydrogens is 270 g/mol. The number of ether oxygens (including phenoxy) is 1. The van der Waals surface area contributed by atoms with Crippen LogP contribution in [0.2, 0.25) is 0 Å². The molecule has 112 valence electrons. The van der Waals surface area contributed by atoms with Gasteiger partial charge in [0.25, 0.3) is 0 Å². The van der Waals surface area contributed by atoms with Crippen LogP contribution in [0.5, 0.6) is 0 Å². The highest BCUT2D eigenvalue weighted by molar-refractivity contribution is 7.99. The number of rotatable bonds is 4.